The van der Waals surface area contributed by atoms with E-state index >= 15 is 0 Å². The second-order valence-corrected chi connectivity index (χ2v) is 4.61. The molecular formula is C9H16O5S. The minimum absolute atomic E-state index is 0.0178. The zero-order valence-electron chi connectivity index (χ0n) is 9.06. The van der Waals surface area contributed by atoms with Gasteiger partial charge in [-0.15, -0.1) is 0 Å². The van der Waals surface area contributed by atoms with Gasteiger partial charge in [-0.3, -0.25) is 4.55 Å². The SMILES string of the molecule is CC/C=C(\C)C(=O)OC(CC)S(=O)(=O)O. The molecule has 0 aliphatic heterocycles. The summed E-state index contributed by atoms with van der Waals surface area (Å²) in [6.07, 6.45) is 2.30. The van der Waals surface area contributed by atoms with Crippen LogP contribution in [0.1, 0.15) is 33.6 Å². The fourth-order valence-corrected chi connectivity index (χ4v) is 1.59. The highest BCUT2D eigenvalue weighted by Crippen LogP contribution is 2.09. The molecule has 0 amide bonds. The summed E-state index contributed by atoms with van der Waals surface area (Å²) in [6.45, 7) is 4.88. The van der Waals surface area contributed by atoms with Crippen LogP contribution in [-0.2, 0) is 19.6 Å². The second-order valence-electron chi connectivity index (χ2n) is 3.05. The van der Waals surface area contributed by atoms with Gasteiger partial charge < -0.3 is 4.74 Å². The molecular weight excluding hydrogens is 220 g/mol. The van der Waals surface area contributed by atoms with Crippen molar-refractivity contribution in [1.29, 1.82) is 0 Å². The molecule has 0 aromatic carbocycles. The number of hydrogen-bond acceptors (Lipinski definition) is 4. The molecule has 1 atom stereocenters. The van der Waals surface area contributed by atoms with E-state index in [4.69, 9.17) is 4.55 Å². The summed E-state index contributed by atoms with van der Waals surface area (Å²) in [5, 5.41) is 0. The van der Waals surface area contributed by atoms with E-state index in [-0.39, 0.29) is 6.42 Å². The van der Waals surface area contributed by atoms with Gasteiger partial charge in [0.15, 0.2) is 0 Å². The zero-order valence-corrected chi connectivity index (χ0v) is 9.87. The van der Waals surface area contributed by atoms with Crippen LogP contribution in [0.3, 0.4) is 0 Å². The lowest BCUT2D eigenvalue weighted by Gasteiger charge is -2.12. The molecule has 0 aliphatic rings. The Balaban J connectivity index is 4.59. The Morgan fingerprint density at radius 1 is 1.47 bits per heavy atom. The third-order valence-electron chi connectivity index (χ3n) is 1.74. The van der Waals surface area contributed by atoms with Gasteiger partial charge in [-0.2, -0.15) is 8.42 Å². The van der Waals surface area contributed by atoms with Gasteiger partial charge in [-0.05, 0) is 19.8 Å². The lowest BCUT2D eigenvalue weighted by atomic mass is 10.2. The number of carbonyl (C=O) groups excluding carboxylic acids is 1. The summed E-state index contributed by atoms with van der Waals surface area (Å²) in [7, 11) is -4.33. The number of hydrogen-bond donors (Lipinski definition) is 1. The smallest absolute Gasteiger partial charge is 0.334 e. The summed E-state index contributed by atoms with van der Waals surface area (Å²) in [5.41, 5.74) is -1.15. The van der Waals surface area contributed by atoms with E-state index in [0.29, 0.717) is 12.0 Å². The standard InChI is InChI=1S/C9H16O5S/c1-4-6-7(3)9(10)14-8(5-2)15(11,12)13/h6,8H,4-5H2,1-3H3,(H,11,12,13)/b7-6+. The molecule has 1 N–H and O–H groups in total. The van der Waals surface area contributed by atoms with Gasteiger partial charge in [0.1, 0.15) is 0 Å². The lowest BCUT2D eigenvalue weighted by molar-refractivity contribution is -0.141. The average Bonchev–Trinajstić information content (AvgIpc) is 2.12. The molecule has 0 aliphatic carbocycles. The molecule has 0 heterocycles. The molecule has 5 nitrogen and oxygen atoms in total. The first kappa shape index (κ1) is 14.1. The van der Waals surface area contributed by atoms with Crippen LogP contribution >= 0.6 is 0 Å². The maximum atomic E-state index is 11.3. The fraction of sp³-hybridized carbons (Fsp3) is 0.667. The molecule has 6 heteroatoms. The molecule has 0 aromatic rings. The molecule has 0 saturated heterocycles. The first-order valence-electron chi connectivity index (χ1n) is 4.66. The van der Waals surface area contributed by atoms with E-state index < -0.39 is 21.5 Å². The largest absolute Gasteiger partial charge is 0.440 e. The Kier molecular flexibility index (Phi) is 5.53. The summed E-state index contributed by atoms with van der Waals surface area (Å²) in [4.78, 5) is 11.3. The first-order valence-corrected chi connectivity index (χ1v) is 6.17. The molecule has 88 valence electrons. The zero-order chi connectivity index (χ0) is 12.1. The van der Waals surface area contributed by atoms with Crippen LogP contribution in [0.25, 0.3) is 0 Å². The van der Waals surface area contributed by atoms with E-state index in [2.05, 4.69) is 4.74 Å². The Bertz CT molecular complexity index is 342. The third-order valence-corrected chi connectivity index (χ3v) is 2.83. The molecule has 0 aromatic heterocycles. The van der Waals surface area contributed by atoms with E-state index in [9.17, 15) is 13.2 Å². The van der Waals surface area contributed by atoms with Crippen molar-refractivity contribution in [2.45, 2.75) is 39.0 Å². The maximum absolute atomic E-state index is 11.3. The van der Waals surface area contributed by atoms with Gasteiger partial charge in [-0.1, -0.05) is 19.9 Å². The van der Waals surface area contributed by atoms with Crippen molar-refractivity contribution in [3.63, 3.8) is 0 Å². The molecule has 0 spiro atoms. The molecule has 0 saturated carbocycles. The quantitative estimate of drug-likeness (QED) is 0.444. The Hall–Kier alpha value is -0.880. The van der Waals surface area contributed by atoms with Gasteiger partial charge in [-0.25, -0.2) is 4.79 Å². The summed E-state index contributed by atoms with van der Waals surface area (Å²) in [5.74, 6) is -0.721. The second kappa shape index (κ2) is 5.87. The molecule has 0 radical (unpaired) electrons. The Labute approximate surface area is 89.9 Å². The van der Waals surface area contributed by atoms with Gasteiger partial charge in [0.05, 0.1) is 0 Å². The monoisotopic (exact) mass is 236 g/mol. The van der Waals surface area contributed by atoms with Gasteiger partial charge in [0, 0.05) is 5.57 Å². The Morgan fingerprint density at radius 3 is 2.33 bits per heavy atom. The third kappa shape index (κ3) is 4.94. The van der Waals surface area contributed by atoms with E-state index in [1.807, 2.05) is 6.92 Å². The van der Waals surface area contributed by atoms with Crippen molar-refractivity contribution in [2.75, 3.05) is 0 Å². The Morgan fingerprint density at radius 2 is 2.00 bits per heavy atom. The number of allylic oxidation sites excluding steroid dienone is 1. The van der Waals surface area contributed by atoms with Crippen molar-refractivity contribution in [3.8, 4) is 0 Å². The number of ether oxygens (including phenoxy) is 1. The van der Waals surface area contributed by atoms with Crippen LogP contribution in [0.4, 0.5) is 0 Å². The van der Waals surface area contributed by atoms with Crippen LogP contribution in [0, 0.1) is 0 Å². The predicted molar refractivity (Wildman–Crippen MR) is 55.8 cm³/mol. The van der Waals surface area contributed by atoms with Crippen molar-refractivity contribution in [1.82, 2.24) is 0 Å². The molecule has 0 fully saturated rings. The van der Waals surface area contributed by atoms with Gasteiger partial charge in [0.2, 0.25) is 5.44 Å². The van der Waals surface area contributed by atoms with E-state index in [1.165, 1.54) is 13.8 Å². The van der Waals surface area contributed by atoms with Crippen molar-refractivity contribution >= 4 is 16.1 Å². The van der Waals surface area contributed by atoms with Crippen LogP contribution in [-0.4, -0.2) is 24.4 Å². The molecule has 15 heavy (non-hydrogen) atoms. The highest BCUT2D eigenvalue weighted by Gasteiger charge is 2.25. The first-order chi connectivity index (χ1) is 6.82. The number of esters is 1. The minimum Gasteiger partial charge on any atom is -0.440 e. The average molecular weight is 236 g/mol. The summed E-state index contributed by atoms with van der Waals surface area (Å²) >= 11 is 0. The van der Waals surface area contributed by atoms with Crippen molar-refractivity contribution < 1.29 is 22.5 Å². The number of carbonyl (C=O) groups is 1. The fourth-order valence-electron chi connectivity index (χ4n) is 0.957. The predicted octanol–water partition coefficient (Wildman–Crippen LogP) is 1.51. The summed E-state index contributed by atoms with van der Waals surface area (Å²) in [6, 6.07) is 0. The highest BCUT2D eigenvalue weighted by atomic mass is 32.2. The van der Waals surface area contributed by atoms with E-state index in [1.54, 1.807) is 6.08 Å². The number of rotatable bonds is 5. The van der Waals surface area contributed by atoms with Crippen molar-refractivity contribution in [2.24, 2.45) is 0 Å². The minimum atomic E-state index is -4.33. The van der Waals surface area contributed by atoms with Gasteiger partial charge >= 0.3 is 16.1 Å². The molecule has 0 rings (SSSR count). The van der Waals surface area contributed by atoms with Gasteiger partial charge in [0.25, 0.3) is 0 Å². The van der Waals surface area contributed by atoms with Crippen LogP contribution in [0.15, 0.2) is 11.6 Å². The van der Waals surface area contributed by atoms with Crippen LogP contribution in [0.5, 0.6) is 0 Å². The highest BCUT2D eigenvalue weighted by molar-refractivity contribution is 7.86. The topological polar surface area (TPSA) is 80.7 Å². The van der Waals surface area contributed by atoms with Crippen molar-refractivity contribution in [3.05, 3.63) is 11.6 Å². The van der Waals surface area contributed by atoms with Crippen LogP contribution in [0.2, 0.25) is 0 Å². The molecule has 0 bridgehead atoms. The summed E-state index contributed by atoms with van der Waals surface area (Å²) < 4.78 is 34.8. The normalized spacial score (nSPS) is 14.8. The lowest BCUT2D eigenvalue weighted by Crippen LogP contribution is -2.26. The maximum Gasteiger partial charge on any atom is 0.334 e. The molecule has 1 unspecified atom stereocenters. The van der Waals surface area contributed by atoms with E-state index in [0.717, 1.165) is 0 Å². The van der Waals surface area contributed by atoms with Crippen LogP contribution < -0.4 is 0 Å².